The van der Waals surface area contributed by atoms with Gasteiger partial charge in [-0.3, -0.25) is 0 Å². The molecule has 1 rings (SSSR count). The van der Waals surface area contributed by atoms with E-state index >= 15 is 0 Å². The van der Waals surface area contributed by atoms with E-state index in [2.05, 4.69) is 5.16 Å². The van der Waals surface area contributed by atoms with Crippen LogP contribution < -0.4 is 0 Å². The molecule has 0 saturated heterocycles. The normalized spacial score (nSPS) is 11.0. The zero-order valence-electron chi connectivity index (χ0n) is 4.71. The number of thiophene rings is 1. The third kappa shape index (κ3) is 1.42. The molecule has 0 aliphatic heterocycles. The molecule has 0 bridgehead atoms. The van der Waals surface area contributed by atoms with Crippen LogP contribution in [0.4, 0.5) is 0 Å². The van der Waals surface area contributed by atoms with Crippen LogP contribution in [0, 0.1) is 0 Å². The van der Waals surface area contributed by atoms with E-state index in [4.69, 9.17) is 28.4 Å². The number of nitrogens with zero attached hydrogens (tertiary/aromatic N) is 1. The first-order valence-corrected chi connectivity index (χ1v) is 3.99. The molecule has 0 spiro atoms. The second-order valence-electron chi connectivity index (χ2n) is 1.52. The molecule has 1 N–H and O–H groups in total. The van der Waals surface area contributed by atoms with Gasteiger partial charge in [0.05, 0.1) is 11.2 Å². The molecule has 0 aromatic carbocycles. The first kappa shape index (κ1) is 7.85. The zero-order valence-corrected chi connectivity index (χ0v) is 7.04. The van der Waals surface area contributed by atoms with E-state index in [9.17, 15) is 0 Å². The molecule has 0 fully saturated rings. The van der Waals surface area contributed by atoms with Gasteiger partial charge < -0.3 is 5.21 Å². The van der Waals surface area contributed by atoms with E-state index in [1.54, 1.807) is 5.38 Å². The van der Waals surface area contributed by atoms with Crippen molar-refractivity contribution in [3.63, 3.8) is 0 Å². The van der Waals surface area contributed by atoms with E-state index in [1.807, 2.05) is 0 Å². The van der Waals surface area contributed by atoms with Crippen molar-refractivity contribution in [2.75, 3.05) is 0 Å². The first-order chi connectivity index (χ1) is 4.75. The highest BCUT2D eigenvalue weighted by molar-refractivity contribution is 7.15. The monoisotopic (exact) mass is 195 g/mol. The summed E-state index contributed by atoms with van der Waals surface area (Å²) in [6.45, 7) is 0. The van der Waals surface area contributed by atoms with Crippen molar-refractivity contribution in [1.29, 1.82) is 0 Å². The molecule has 1 heterocycles. The molecule has 54 valence electrons. The van der Waals surface area contributed by atoms with Crippen LogP contribution in [0.5, 0.6) is 0 Å². The van der Waals surface area contributed by atoms with E-state index in [1.165, 1.54) is 17.6 Å². The van der Waals surface area contributed by atoms with E-state index in [0.29, 0.717) is 14.9 Å². The van der Waals surface area contributed by atoms with Gasteiger partial charge in [0.1, 0.15) is 4.34 Å². The molecule has 0 radical (unpaired) electrons. The summed E-state index contributed by atoms with van der Waals surface area (Å²) in [5.74, 6) is 0. The number of oxime groups is 1. The van der Waals surface area contributed by atoms with Crippen LogP contribution in [-0.2, 0) is 0 Å². The molecule has 10 heavy (non-hydrogen) atoms. The highest BCUT2D eigenvalue weighted by Gasteiger charge is 2.04. The van der Waals surface area contributed by atoms with Gasteiger partial charge in [0.25, 0.3) is 0 Å². The van der Waals surface area contributed by atoms with Gasteiger partial charge in [-0.05, 0) is 0 Å². The molecular formula is C5H3Cl2NOS. The third-order valence-electron chi connectivity index (χ3n) is 0.912. The summed E-state index contributed by atoms with van der Waals surface area (Å²) in [5.41, 5.74) is 0.638. The maximum atomic E-state index is 8.13. The summed E-state index contributed by atoms with van der Waals surface area (Å²) < 4.78 is 0.511. The maximum absolute atomic E-state index is 8.13. The molecule has 0 aliphatic carbocycles. The molecule has 1 aromatic heterocycles. The van der Waals surface area contributed by atoms with Crippen molar-refractivity contribution >= 4 is 40.8 Å². The average Bonchev–Trinajstić information content (AvgIpc) is 2.20. The van der Waals surface area contributed by atoms with Crippen molar-refractivity contribution in [2.24, 2.45) is 5.16 Å². The number of halogens is 2. The number of rotatable bonds is 1. The Morgan fingerprint density at radius 1 is 1.60 bits per heavy atom. The molecule has 0 unspecified atom stereocenters. The fourth-order valence-corrected chi connectivity index (χ4v) is 1.66. The summed E-state index contributed by atoms with van der Waals surface area (Å²) in [5, 5.41) is 13.1. The SMILES string of the molecule is ON=Cc1csc(Cl)c1Cl. The summed E-state index contributed by atoms with van der Waals surface area (Å²) in [7, 11) is 0. The van der Waals surface area contributed by atoms with E-state index < -0.39 is 0 Å². The van der Waals surface area contributed by atoms with E-state index in [-0.39, 0.29) is 0 Å². The van der Waals surface area contributed by atoms with Crippen LogP contribution in [0.2, 0.25) is 9.36 Å². The molecule has 0 aliphatic rings. The molecular weight excluding hydrogens is 193 g/mol. The van der Waals surface area contributed by atoms with Gasteiger partial charge in [0, 0.05) is 10.9 Å². The average molecular weight is 196 g/mol. The second kappa shape index (κ2) is 3.23. The molecule has 0 saturated carbocycles. The van der Waals surface area contributed by atoms with Crippen molar-refractivity contribution < 1.29 is 5.21 Å². The summed E-state index contributed by atoms with van der Waals surface area (Å²) >= 11 is 12.6. The van der Waals surface area contributed by atoms with Crippen LogP contribution >= 0.6 is 34.5 Å². The van der Waals surface area contributed by atoms with Crippen molar-refractivity contribution in [2.45, 2.75) is 0 Å². The molecule has 2 nitrogen and oxygen atoms in total. The zero-order chi connectivity index (χ0) is 7.56. The van der Waals surface area contributed by atoms with Crippen molar-refractivity contribution in [3.8, 4) is 0 Å². The lowest BCUT2D eigenvalue weighted by atomic mass is 10.4. The largest absolute Gasteiger partial charge is 0.411 e. The van der Waals surface area contributed by atoms with Crippen LogP contribution in [0.1, 0.15) is 5.56 Å². The van der Waals surface area contributed by atoms with Crippen LogP contribution in [-0.4, -0.2) is 11.4 Å². The van der Waals surface area contributed by atoms with Gasteiger partial charge in [-0.1, -0.05) is 28.4 Å². The second-order valence-corrected chi connectivity index (χ2v) is 3.38. The Morgan fingerprint density at radius 3 is 2.70 bits per heavy atom. The maximum Gasteiger partial charge on any atom is 0.112 e. The Balaban J connectivity index is 3.05. The fraction of sp³-hybridized carbons (Fsp3) is 0. The molecule has 0 amide bonds. The van der Waals surface area contributed by atoms with Crippen LogP contribution in [0.3, 0.4) is 0 Å². The Kier molecular flexibility index (Phi) is 2.54. The summed E-state index contributed by atoms with van der Waals surface area (Å²) in [6, 6.07) is 0. The molecule has 5 heteroatoms. The minimum Gasteiger partial charge on any atom is -0.411 e. The first-order valence-electron chi connectivity index (χ1n) is 2.35. The van der Waals surface area contributed by atoms with Gasteiger partial charge >= 0.3 is 0 Å². The van der Waals surface area contributed by atoms with Crippen molar-refractivity contribution in [1.82, 2.24) is 0 Å². The Bertz CT molecular complexity index is 258. The van der Waals surface area contributed by atoms with Gasteiger partial charge in [-0.25, -0.2) is 0 Å². The number of hydrogen-bond acceptors (Lipinski definition) is 3. The van der Waals surface area contributed by atoms with Gasteiger partial charge in [-0.15, -0.1) is 11.3 Å². The smallest absolute Gasteiger partial charge is 0.112 e. The van der Waals surface area contributed by atoms with Crippen LogP contribution in [0.15, 0.2) is 10.5 Å². The highest BCUT2D eigenvalue weighted by atomic mass is 35.5. The minimum absolute atomic E-state index is 0.435. The van der Waals surface area contributed by atoms with Crippen molar-refractivity contribution in [3.05, 3.63) is 20.3 Å². The lowest BCUT2D eigenvalue weighted by Crippen LogP contribution is -1.74. The van der Waals surface area contributed by atoms with Gasteiger partial charge in [-0.2, -0.15) is 0 Å². The Morgan fingerprint density at radius 2 is 2.30 bits per heavy atom. The fourth-order valence-electron chi connectivity index (χ4n) is 0.481. The summed E-state index contributed by atoms with van der Waals surface area (Å²) in [4.78, 5) is 0. The van der Waals surface area contributed by atoms with Crippen LogP contribution in [0.25, 0.3) is 0 Å². The molecule has 0 atom stereocenters. The Labute approximate surface area is 71.7 Å². The quantitative estimate of drug-likeness (QED) is 0.418. The highest BCUT2D eigenvalue weighted by Crippen LogP contribution is 2.30. The number of hydrogen-bond donors (Lipinski definition) is 1. The Hall–Kier alpha value is -0.250. The predicted octanol–water partition coefficient (Wildman–Crippen LogP) is 2.86. The lowest BCUT2D eigenvalue weighted by Gasteiger charge is -1.83. The van der Waals surface area contributed by atoms with Gasteiger partial charge in [0.15, 0.2) is 0 Å². The summed E-state index contributed by atoms with van der Waals surface area (Å²) in [6.07, 6.45) is 1.24. The third-order valence-corrected chi connectivity index (χ3v) is 2.77. The lowest BCUT2D eigenvalue weighted by molar-refractivity contribution is 0.322. The van der Waals surface area contributed by atoms with Gasteiger partial charge in [0.2, 0.25) is 0 Å². The predicted molar refractivity (Wildman–Crippen MR) is 43.7 cm³/mol. The minimum atomic E-state index is 0.435. The standard InChI is InChI=1S/C5H3Cl2NOS/c6-4-3(1-8-9)2-10-5(4)7/h1-2,9H. The topological polar surface area (TPSA) is 32.6 Å². The molecule has 1 aromatic rings. The van der Waals surface area contributed by atoms with E-state index in [0.717, 1.165) is 0 Å².